The number of aryl methyl sites for hydroxylation is 1. The van der Waals surface area contributed by atoms with E-state index in [1.165, 1.54) is 45.3 Å². The molecule has 0 saturated carbocycles. The van der Waals surface area contributed by atoms with E-state index in [4.69, 9.17) is 5.73 Å². The van der Waals surface area contributed by atoms with Crippen molar-refractivity contribution in [2.45, 2.75) is 16.6 Å². The minimum absolute atomic E-state index is 0.0674. The Balaban J connectivity index is 1.44. The van der Waals surface area contributed by atoms with Gasteiger partial charge in [0.05, 0.1) is 5.08 Å². The van der Waals surface area contributed by atoms with Crippen molar-refractivity contribution in [2.24, 2.45) is 12.2 Å². The average molecular weight is 530 g/mol. The number of nitrogens with one attached hydrogen (secondary N) is 1. The first-order valence-electron chi connectivity index (χ1n) is 8.95. The van der Waals surface area contributed by atoms with E-state index in [1.807, 2.05) is 0 Å². The highest BCUT2D eigenvalue weighted by molar-refractivity contribution is 8.18. The third kappa shape index (κ3) is 4.50. The zero-order valence-corrected chi connectivity index (χ0v) is 19.9. The van der Waals surface area contributed by atoms with Crippen molar-refractivity contribution in [3.8, 4) is 0 Å². The van der Waals surface area contributed by atoms with Crippen LogP contribution in [-0.2, 0) is 21.4 Å². The van der Waals surface area contributed by atoms with Crippen LogP contribution in [0.3, 0.4) is 0 Å². The lowest BCUT2D eigenvalue weighted by Crippen LogP contribution is -2.71. The number of hydrogen-bond acceptors (Lipinski definition) is 14. The van der Waals surface area contributed by atoms with E-state index in [-0.39, 0.29) is 16.5 Å². The molecular formula is C15H15N9O5S4. The van der Waals surface area contributed by atoms with Crippen LogP contribution < -0.4 is 11.1 Å². The van der Waals surface area contributed by atoms with E-state index in [0.717, 1.165) is 16.2 Å². The van der Waals surface area contributed by atoms with Gasteiger partial charge in [0.2, 0.25) is 5.16 Å². The number of aromatic nitrogens is 5. The van der Waals surface area contributed by atoms with Gasteiger partial charge in [0.25, 0.3) is 11.8 Å². The molecule has 5 N–H and O–H groups in total. The molecule has 2 amide bonds. The molecule has 174 valence electrons. The van der Waals surface area contributed by atoms with Gasteiger partial charge in [-0.1, -0.05) is 16.9 Å². The predicted octanol–water partition coefficient (Wildman–Crippen LogP) is -0.394. The largest absolute Gasteiger partial charge is 0.477 e. The molecule has 33 heavy (non-hydrogen) atoms. The van der Waals surface area contributed by atoms with Gasteiger partial charge in [-0.05, 0) is 10.4 Å². The summed E-state index contributed by atoms with van der Waals surface area (Å²) >= 11 is 5.01. The summed E-state index contributed by atoms with van der Waals surface area (Å²) in [7, 11) is 1.69. The molecule has 14 nitrogen and oxygen atoms in total. The molecule has 0 bridgehead atoms. The first-order chi connectivity index (χ1) is 15.8. The molecule has 1 saturated heterocycles. The highest BCUT2D eigenvalue weighted by atomic mass is 32.2. The number of hydrogen-bond donors (Lipinski definition) is 4. The number of carbonyl (C=O) groups excluding carboxylic acids is 2. The molecule has 2 aromatic rings. The van der Waals surface area contributed by atoms with Crippen LogP contribution in [0.5, 0.6) is 0 Å². The fraction of sp³-hybridized carbons (Fsp3) is 0.333. The Morgan fingerprint density at radius 2 is 2.21 bits per heavy atom. The fourth-order valence-corrected chi connectivity index (χ4v) is 7.16. The number of aliphatic carboxylic acids is 1. The van der Waals surface area contributed by atoms with Gasteiger partial charge >= 0.3 is 5.97 Å². The number of thiazole rings is 1. The molecule has 2 aromatic heterocycles. The van der Waals surface area contributed by atoms with Gasteiger partial charge in [-0.2, -0.15) is 0 Å². The summed E-state index contributed by atoms with van der Waals surface area (Å²) in [4.78, 5) is 42.8. The van der Waals surface area contributed by atoms with Gasteiger partial charge < -0.3 is 21.4 Å². The number of rotatable bonds is 8. The SMILES string of the molecule is Cn1nnnc1SCSC1=C(C(=O)O)N2C(=O)[C@@H](NC(=O)/C(=N\O)c3csc(N)n3)[C@@H]2SC1. The summed E-state index contributed by atoms with van der Waals surface area (Å²) in [6.07, 6.45) is 0. The molecule has 2 aliphatic heterocycles. The van der Waals surface area contributed by atoms with E-state index >= 15 is 0 Å². The van der Waals surface area contributed by atoms with Gasteiger partial charge in [-0.15, -0.1) is 40.0 Å². The normalized spacial score (nSPS) is 20.5. The zero-order valence-electron chi connectivity index (χ0n) is 16.6. The summed E-state index contributed by atoms with van der Waals surface area (Å²) < 4.78 is 1.50. The Morgan fingerprint density at radius 3 is 2.82 bits per heavy atom. The number of oxime groups is 1. The quantitative estimate of drug-likeness (QED) is 0.0860. The first-order valence-corrected chi connectivity index (χ1v) is 12.8. The van der Waals surface area contributed by atoms with Crippen LogP contribution in [0.1, 0.15) is 5.69 Å². The Kier molecular flexibility index (Phi) is 6.77. The number of carboxylic acids is 1. The molecule has 2 atom stereocenters. The standard InChI is InChI=1S/C15H15N9O5S4/c1-23-15(19-21-22-23)33-4-32-6-3-30-12-8(11(26)24(12)9(6)13(27)28)18-10(25)7(20-29)5-2-31-14(16)17-5/h2,8,12,29H,3-4H2,1H3,(H2,16,17)(H,18,25)(H,27,28)/b20-7-/t8-,12+/m1/s1. The van der Waals surface area contributed by atoms with Crippen molar-refractivity contribution in [2.75, 3.05) is 16.6 Å². The maximum absolute atomic E-state index is 12.8. The van der Waals surface area contributed by atoms with Gasteiger partial charge in [-0.3, -0.25) is 14.5 Å². The number of nitrogens with two attached hydrogens (primary N) is 1. The maximum Gasteiger partial charge on any atom is 0.353 e. The van der Waals surface area contributed by atoms with Crippen molar-refractivity contribution >= 4 is 75.2 Å². The molecule has 0 spiro atoms. The van der Waals surface area contributed by atoms with Crippen LogP contribution in [0.25, 0.3) is 0 Å². The van der Waals surface area contributed by atoms with Crippen LogP contribution in [0.2, 0.25) is 0 Å². The highest BCUT2D eigenvalue weighted by Crippen LogP contribution is 2.44. The lowest BCUT2D eigenvalue weighted by Gasteiger charge is -2.49. The number of amides is 2. The van der Waals surface area contributed by atoms with E-state index in [2.05, 4.69) is 31.0 Å². The second-order valence-corrected chi connectivity index (χ2v) is 10.8. The van der Waals surface area contributed by atoms with Gasteiger partial charge in [-0.25, -0.2) is 14.5 Å². The molecule has 0 unspecified atom stereocenters. The number of β-lactam (4-membered cyclic amide) rings is 1. The molecule has 18 heteroatoms. The smallest absolute Gasteiger partial charge is 0.353 e. The van der Waals surface area contributed by atoms with Crippen molar-refractivity contribution in [1.29, 1.82) is 0 Å². The minimum atomic E-state index is -1.23. The Morgan fingerprint density at radius 1 is 1.42 bits per heavy atom. The number of carboxylic acid groups (broad SMARTS) is 1. The number of thioether (sulfide) groups is 3. The maximum atomic E-state index is 12.8. The number of nitrogen functional groups attached to an aromatic ring is 1. The monoisotopic (exact) mass is 529 g/mol. The van der Waals surface area contributed by atoms with Gasteiger partial charge in [0.15, 0.2) is 10.8 Å². The van der Waals surface area contributed by atoms with Crippen LogP contribution in [-0.4, -0.2) is 86.2 Å². The molecular weight excluding hydrogens is 514 g/mol. The van der Waals surface area contributed by atoms with Crippen LogP contribution in [0, 0.1) is 0 Å². The van der Waals surface area contributed by atoms with Gasteiger partial charge in [0, 0.05) is 23.1 Å². The molecule has 4 heterocycles. The highest BCUT2D eigenvalue weighted by Gasteiger charge is 2.54. The Bertz CT molecular complexity index is 1180. The van der Waals surface area contributed by atoms with E-state index in [0.29, 0.717) is 20.9 Å². The zero-order chi connectivity index (χ0) is 23.7. The second kappa shape index (κ2) is 9.57. The van der Waals surface area contributed by atoms with Crippen LogP contribution in [0.4, 0.5) is 5.13 Å². The lowest BCUT2D eigenvalue weighted by atomic mass is 10.0. The number of nitrogens with zero attached hydrogens (tertiary/aromatic N) is 7. The average Bonchev–Trinajstić information content (AvgIpc) is 3.39. The topological polar surface area (TPSA) is 202 Å². The third-order valence-corrected chi connectivity index (χ3v) is 8.87. The molecule has 4 rings (SSSR count). The first kappa shape index (κ1) is 23.3. The van der Waals surface area contributed by atoms with E-state index < -0.39 is 34.9 Å². The summed E-state index contributed by atoms with van der Waals surface area (Å²) in [5, 5.41) is 37.6. The van der Waals surface area contributed by atoms with Crippen LogP contribution >= 0.6 is 46.6 Å². The Labute approximate surface area is 202 Å². The molecule has 2 aliphatic rings. The summed E-state index contributed by atoms with van der Waals surface area (Å²) in [5.74, 6) is -2.29. The van der Waals surface area contributed by atoms with Crippen LogP contribution in [0.15, 0.2) is 26.3 Å². The number of tetrazole rings is 1. The Hall–Kier alpha value is -2.83. The van der Waals surface area contributed by atoms with Gasteiger partial charge in [0.1, 0.15) is 22.8 Å². The second-order valence-electron chi connectivity index (χ2n) is 6.45. The van der Waals surface area contributed by atoms with Crippen molar-refractivity contribution in [1.82, 2.24) is 35.4 Å². The molecule has 0 radical (unpaired) electrons. The molecule has 0 aromatic carbocycles. The summed E-state index contributed by atoms with van der Waals surface area (Å²) in [6, 6.07) is -0.977. The molecule has 1 fully saturated rings. The number of anilines is 1. The van der Waals surface area contributed by atoms with E-state index in [1.54, 1.807) is 7.05 Å². The predicted molar refractivity (Wildman–Crippen MR) is 122 cm³/mol. The lowest BCUT2D eigenvalue weighted by molar-refractivity contribution is -0.150. The third-order valence-electron chi connectivity index (χ3n) is 4.50. The van der Waals surface area contributed by atoms with Crippen molar-refractivity contribution < 1.29 is 24.7 Å². The summed E-state index contributed by atoms with van der Waals surface area (Å²) in [6.45, 7) is 0. The van der Waals surface area contributed by atoms with Crippen molar-refractivity contribution in [3.63, 3.8) is 0 Å². The number of carbonyl (C=O) groups is 3. The summed E-state index contributed by atoms with van der Waals surface area (Å²) in [5.41, 5.74) is 5.11. The van der Waals surface area contributed by atoms with E-state index in [9.17, 15) is 24.7 Å². The molecule has 0 aliphatic carbocycles. The fourth-order valence-electron chi connectivity index (χ4n) is 3.02. The van der Waals surface area contributed by atoms with Crippen molar-refractivity contribution in [3.05, 3.63) is 21.7 Å². The minimum Gasteiger partial charge on any atom is -0.477 e. The number of fused-ring (bicyclic) bond motifs is 1.